The first-order valence-electron chi connectivity index (χ1n) is 7.16. The molecule has 0 unspecified atom stereocenters. The van der Waals surface area contributed by atoms with Crippen LogP contribution in [0.15, 0.2) is 48.5 Å². The minimum Gasteiger partial charge on any atom is -0.508 e. The summed E-state index contributed by atoms with van der Waals surface area (Å²) >= 11 is 0. The second kappa shape index (κ2) is 6.35. The van der Waals surface area contributed by atoms with Gasteiger partial charge in [-0.05, 0) is 35.7 Å². The molecule has 0 aromatic heterocycles. The monoisotopic (exact) mass is 282 g/mol. The number of aromatic hydroxyl groups is 1. The summed E-state index contributed by atoms with van der Waals surface area (Å²) < 4.78 is 11.3. The molecule has 0 saturated heterocycles. The second-order valence-corrected chi connectivity index (χ2v) is 4.99. The van der Waals surface area contributed by atoms with Gasteiger partial charge < -0.3 is 14.6 Å². The lowest BCUT2D eigenvalue weighted by molar-refractivity contribution is 0.297. The molecule has 0 radical (unpaired) electrons. The molecule has 3 heteroatoms. The molecule has 1 heterocycles. The molecule has 2 aromatic rings. The van der Waals surface area contributed by atoms with Gasteiger partial charge in [0.25, 0.3) is 0 Å². The summed E-state index contributed by atoms with van der Waals surface area (Å²) in [5.41, 5.74) is 1.98. The Balaban J connectivity index is 1.72. The number of allylic oxidation sites excluding steroid dienone is 1. The molecule has 3 rings (SSSR count). The third-order valence-electron chi connectivity index (χ3n) is 3.41. The normalized spacial score (nSPS) is 14.1. The predicted octanol–water partition coefficient (Wildman–Crippen LogP) is 3.81. The highest BCUT2D eigenvalue weighted by molar-refractivity contribution is 5.56. The molecule has 0 spiro atoms. The maximum Gasteiger partial charge on any atom is 0.161 e. The number of fused-ring (bicyclic) bond motifs is 1. The van der Waals surface area contributed by atoms with Crippen LogP contribution in [0.4, 0.5) is 0 Å². The average molecular weight is 282 g/mol. The van der Waals surface area contributed by atoms with E-state index in [2.05, 4.69) is 0 Å². The van der Waals surface area contributed by atoms with Gasteiger partial charge in [-0.2, -0.15) is 0 Å². The van der Waals surface area contributed by atoms with E-state index in [0.29, 0.717) is 25.4 Å². The van der Waals surface area contributed by atoms with Crippen LogP contribution < -0.4 is 9.47 Å². The van der Waals surface area contributed by atoms with Gasteiger partial charge in [-0.15, -0.1) is 0 Å². The zero-order valence-electron chi connectivity index (χ0n) is 11.8. The van der Waals surface area contributed by atoms with Crippen molar-refractivity contribution in [2.75, 3.05) is 13.2 Å². The van der Waals surface area contributed by atoms with Crippen molar-refractivity contribution in [3.05, 3.63) is 59.7 Å². The lowest BCUT2D eigenvalue weighted by Gasteiger charge is -2.07. The van der Waals surface area contributed by atoms with E-state index >= 15 is 0 Å². The molecule has 21 heavy (non-hydrogen) atoms. The summed E-state index contributed by atoms with van der Waals surface area (Å²) in [6.07, 6.45) is 5.67. The standard InChI is InChI=1S/C18H18O3/c19-16-8-2-1-6-15(16)7-3-5-14-9-10-17-18(13-14)21-12-4-11-20-17/h1-3,5-6,8-10,13,19H,4,7,11-12H2. The third kappa shape index (κ3) is 3.37. The smallest absolute Gasteiger partial charge is 0.161 e. The minimum absolute atomic E-state index is 0.334. The highest BCUT2D eigenvalue weighted by Crippen LogP contribution is 2.30. The maximum atomic E-state index is 9.73. The van der Waals surface area contributed by atoms with Crippen molar-refractivity contribution >= 4 is 6.08 Å². The second-order valence-electron chi connectivity index (χ2n) is 4.99. The minimum atomic E-state index is 0.334. The number of phenolic OH excluding ortho intramolecular Hbond substituents is 1. The molecule has 3 nitrogen and oxygen atoms in total. The van der Waals surface area contributed by atoms with Gasteiger partial charge in [0.2, 0.25) is 0 Å². The fourth-order valence-electron chi connectivity index (χ4n) is 2.29. The average Bonchev–Trinajstić information content (AvgIpc) is 2.74. The molecular weight excluding hydrogens is 264 g/mol. The van der Waals surface area contributed by atoms with Crippen molar-refractivity contribution < 1.29 is 14.6 Å². The van der Waals surface area contributed by atoms with Crippen LogP contribution in [0.1, 0.15) is 17.5 Å². The first kappa shape index (κ1) is 13.6. The van der Waals surface area contributed by atoms with E-state index in [9.17, 15) is 5.11 Å². The maximum absolute atomic E-state index is 9.73. The van der Waals surface area contributed by atoms with Gasteiger partial charge in [0.05, 0.1) is 13.2 Å². The van der Waals surface area contributed by atoms with Gasteiger partial charge in [-0.1, -0.05) is 36.4 Å². The van der Waals surface area contributed by atoms with E-state index in [0.717, 1.165) is 29.0 Å². The van der Waals surface area contributed by atoms with Crippen LogP contribution in [0.2, 0.25) is 0 Å². The van der Waals surface area contributed by atoms with Crippen LogP contribution in [0.3, 0.4) is 0 Å². The molecule has 1 aliphatic heterocycles. The predicted molar refractivity (Wildman–Crippen MR) is 82.9 cm³/mol. The molecule has 1 aliphatic rings. The van der Waals surface area contributed by atoms with E-state index in [1.54, 1.807) is 6.07 Å². The summed E-state index contributed by atoms with van der Waals surface area (Å²) in [5.74, 6) is 1.95. The molecule has 0 bridgehead atoms. The number of para-hydroxylation sites is 1. The third-order valence-corrected chi connectivity index (χ3v) is 3.41. The van der Waals surface area contributed by atoms with E-state index in [-0.39, 0.29) is 0 Å². The Labute approximate surface area is 124 Å². The Kier molecular flexibility index (Phi) is 4.10. The Morgan fingerprint density at radius 3 is 2.67 bits per heavy atom. The van der Waals surface area contributed by atoms with Crippen molar-refractivity contribution in [3.63, 3.8) is 0 Å². The van der Waals surface area contributed by atoms with Crippen LogP contribution in [-0.4, -0.2) is 18.3 Å². The van der Waals surface area contributed by atoms with Gasteiger partial charge in [-0.25, -0.2) is 0 Å². The first-order chi connectivity index (χ1) is 10.3. The molecule has 2 aromatic carbocycles. The quantitative estimate of drug-likeness (QED) is 0.930. The van der Waals surface area contributed by atoms with Crippen LogP contribution >= 0.6 is 0 Å². The van der Waals surface area contributed by atoms with E-state index < -0.39 is 0 Å². The van der Waals surface area contributed by atoms with Crippen LogP contribution in [-0.2, 0) is 6.42 Å². The Bertz CT molecular complexity index is 647. The van der Waals surface area contributed by atoms with Gasteiger partial charge in [-0.3, -0.25) is 0 Å². The number of rotatable bonds is 3. The Morgan fingerprint density at radius 1 is 1.00 bits per heavy atom. The first-order valence-corrected chi connectivity index (χ1v) is 7.16. The number of ether oxygens (including phenoxy) is 2. The number of hydrogen-bond donors (Lipinski definition) is 1. The number of benzene rings is 2. The molecular formula is C18H18O3. The summed E-state index contributed by atoms with van der Waals surface area (Å²) in [7, 11) is 0. The van der Waals surface area contributed by atoms with Crippen molar-refractivity contribution in [2.24, 2.45) is 0 Å². The molecule has 0 atom stereocenters. The zero-order valence-corrected chi connectivity index (χ0v) is 11.8. The molecule has 0 amide bonds. The lowest BCUT2D eigenvalue weighted by atomic mass is 10.1. The number of phenols is 1. The summed E-state index contributed by atoms with van der Waals surface area (Å²) in [4.78, 5) is 0. The zero-order chi connectivity index (χ0) is 14.5. The molecule has 1 N–H and O–H groups in total. The summed E-state index contributed by atoms with van der Waals surface area (Å²) in [6.45, 7) is 1.40. The van der Waals surface area contributed by atoms with Crippen LogP contribution in [0.5, 0.6) is 17.2 Å². The van der Waals surface area contributed by atoms with Gasteiger partial charge in [0.15, 0.2) is 11.5 Å². The highest BCUT2D eigenvalue weighted by atomic mass is 16.5. The lowest BCUT2D eigenvalue weighted by Crippen LogP contribution is -1.97. The van der Waals surface area contributed by atoms with Gasteiger partial charge >= 0.3 is 0 Å². The fraction of sp³-hybridized carbons (Fsp3) is 0.222. The molecule has 0 saturated carbocycles. The van der Waals surface area contributed by atoms with Gasteiger partial charge in [0.1, 0.15) is 5.75 Å². The van der Waals surface area contributed by atoms with E-state index in [1.807, 2.05) is 48.6 Å². The Morgan fingerprint density at radius 2 is 1.81 bits per heavy atom. The number of hydrogen-bond acceptors (Lipinski definition) is 3. The van der Waals surface area contributed by atoms with Crippen LogP contribution in [0.25, 0.3) is 6.08 Å². The van der Waals surface area contributed by atoms with Gasteiger partial charge in [0, 0.05) is 6.42 Å². The molecule has 0 fully saturated rings. The highest BCUT2D eigenvalue weighted by Gasteiger charge is 2.09. The van der Waals surface area contributed by atoms with E-state index in [1.165, 1.54) is 0 Å². The largest absolute Gasteiger partial charge is 0.508 e. The fourth-order valence-corrected chi connectivity index (χ4v) is 2.29. The van der Waals surface area contributed by atoms with Crippen molar-refractivity contribution in [1.82, 2.24) is 0 Å². The molecule has 0 aliphatic carbocycles. The van der Waals surface area contributed by atoms with Crippen molar-refractivity contribution in [2.45, 2.75) is 12.8 Å². The summed E-state index contributed by atoms with van der Waals surface area (Å²) in [5, 5.41) is 9.73. The van der Waals surface area contributed by atoms with Crippen molar-refractivity contribution in [3.8, 4) is 17.2 Å². The van der Waals surface area contributed by atoms with Crippen LogP contribution in [0, 0.1) is 0 Å². The Hall–Kier alpha value is -2.42. The topological polar surface area (TPSA) is 38.7 Å². The van der Waals surface area contributed by atoms with E-state index in [4.69, 9.17) is 9.47 Å². The van der Waals surface area contributed by atoms with Crippen molar-refractivity contribution in [1.29, 1.82) is 0 Å². The SMILES string of the molecule is Oc1ccccc1CC=Cc1ccc2c(c1)OCCCO2. The summed E-state index contributed by atoms with van der Waals surface area (Å²) in [6, 6.07) is 13.3. The molecule has 108 valence electrons.